The number of nitrogens with one attached hydrogen (secondary N) is 3. The highest BCUT2D eigenvalue weighted by atomic mass is 32.2. The smallest absolute Gasteiger partial charge is 0.261 e. The lowest BCUT2D eigenvalue weighted by Gasteiger charge is -2.31. The Hall–Kier alpha value is -2.58. The molecule has 0 saturated carbocycles. The van der Waals surface area contributed by atoms with Crippen LogP contribution in [0.3, 0.4) is 0 Å². The van der Waals surface area contributed by atoms with Crippen molar-refractivity contribution in [2.45, 2.75) is 11.8 Å². The van der Waals surface area contributed by atoms with E-state index < -0.39 is 10.0 Å². The molecule has 7 nitrogen and oxygen atoms in total. The Kier molecular flexibility index (Phi) is 5.98. The molecule has 0 atom stereocenters. The zero-order chi connectivity index (χ0) is 19.3. The second-order valence-corrected chi connectivity index (χ2v) is 7.93. The Morgan fingerprint density at radius 1 is 1.11 bits per heavy atom. The van der Waals surface area contributed by atoms with Gasteiger partial charge in [0.2, 0.25) is 0 Å². The largest absolute Gasteiger partial charge is 0.367 e. The Balaban J connectivity index is 1.98. The molecule has 2 aromatic rings. The molecule has 1 aliphatic rings. The lowest BCUT2D eigenvalue weighted by molar-refractivity contribution is 0.0956. The summed E-state index contributed by atoms with van der Waals surface area (Å²) in [6, 6.07) is 13.3. The first kappa shape index (κ1) is 19.2. The van der Waals surface area contributed by atoms with E-state index >= 15 is 0 Å². The van der Waals surface area contributed by atoms with E-state index in [1.165, 1.54) is 0 Å². The third-order valence-electron chi connectivity index (χ3n) is 4.35. The monoisotopic (exact) mass is 388 g/mol. The molecule has 1 aliphatic heterocycles. The van der Waals surface area contributed by atoms with Crippen molar-refractivity contribution in [1.29, 1.82) is 0 Å². The highest BCUT2D eigenvalue weighted by Gasteiger charge is 2.21. The number of sulfonamides is 1. The fourth-order valence-electron chi connectivity index (χ4n) is 3.01. The zero-order valence-corrected chi connectivity index (χ0v) is 16.1. The van der Waals surface area contributed by atoms with E-state index in [0.29, 0.717) is 17.8 Å². The van der Waals surface area contributed by atoms with Gasteiger partial charge in [0.25, 0.3) is 15.9 Å². The van der Waals surface area contributed by atoms with Crippen molar-refractivity contribution in [2.75, 3.05) is 42.3 Å². The summed E-state index contributed by atoms with van der Waals surface area (Å²) in [5, 5.41) is 6.02. The van der Waals surface area contributed by atoms with Crippen molar-refractivity contribution in [2.24, 2.45) is 0 Å². The van der Waals surface area contributed by atoms with E-state index in [2.05, 4.69) is 20.3 Å². The van der Waals surface area contributed by atoms with Crippen LogP contribution in [0.4, 0.5) is 11.4 Å². The maximum absolute atomic E-state index is 12.8. The molecule has 27 heavy (non-hydrogen) atoms. The van der Waals surface area contributed by atoms with Crippen molar-refractivity contribution in [1.82, 2.24) is 10.6 Å². The highest BCUT2D eigenvalue weighted by Crippen LogP contribution is 2.30. The van der Waals surface area contributed by atoms with Crippen LogP contribution in [0.2, 0.25) is 0 Å². The third kappa shape index (κ3) is 4.58. The van der Waals surface area contributed by atoms with Gasteiger partial charge in [0, 0.05) is 38.3 Å². The standard InChI is InChI=1S/C19H24N4O3S/c1-2-21-19(24)15-8-9-18(23-12-10-20-11-13-23)17(14-15)22-27(25,26)16-6-4-3-5-7-16/h3-9,14,20,22H,2,10-13H2,1H3,(H,21,24). The number of piperazine rings is 1. The van der Waals surface area contributed by atoms with Crippen LogP contribution in [0.1, 0.15) is 17.3 Å². The number of anilines is 2. The third-order valence-corrected chi connectivity index (χ3v) is 5.73. The summed E-state index contributed by atoms with van der Waals surface area (Å²) in [5.74, 6) is -0.232. The first-order chi connectivity index (χ1) is 13.0. The van der Waals surface area contributed by atoms with Gasteiger partial charge in [-0.3, -0.25) is 9.52 Å². The summed E-state index contributed by atoms with van der Waals surface area (Å²) in [7, 11) is -3.75. The van der Waals surface area contributed by atoms with Gasteiger partial charge in [-0.2, -0.15) is 0 Å². The molecular formula is C19H24N4O3S. The summed E-state index contributed by atoms with van der Waals surface area (Å²) in [4.78, 5) is 14.5. The minimum absolute atomic E-state index is 0.180. The van der Waals surface area contributed by atoms with Gasteiger partial charge in [0.1, 0.15) is 0 Å². The molecule has 0 unspecified atom stereocenters. The van der Waals surface area contributed by atoms with Crippen LogP contribution >= 0.6 is 0 Å². The van der Waals surface area contributed by atoms with Gasteiger partial charge in [-0.25, -0.2) is 8.42 Å². The average Bonchev–Trinajstić information content (AvgIpc) is 2.69. The van der Waals surface area contributed by atoms with Crippen molar-refractivity contribution >= 4 is 27.3 Å². The molecule has 1 amide bonds. The van der Waals surface area contributed by atoms with E-state index in [1.807, 2.05) is 6.92 Å². The van der Waals surface area contributed by atoms with Crippen molar-refractivity contribution in [3.63, 3.8) is 0 Å². The van der Waals surface area contributed by atoms with E-state index in [4.69, 9.17) is 0 Å². The molecule has 0 bridgehead atoms. The molecule has 1 heterocycles. The van der Waals surface area contributed by atoms with Crippen LogP contribution in [0.5, 0.6) is 0 Å². The maximum atomic E-state index is 12.8. The Morgan fingerprint density at radius 3 is 2.48 bits per heavy atom. The lowest BCUT2D eigenvalue weighted by Crippen LogP contribution is -2.43. The van der Waals surface area contributed by atoms with E-state index in [1.54, 1.807) is 48.5 Å². The first-order valence-electron chi connectivity index (χ1n) is 8.97. The van der Waals surface area contributed by atoms with Gasteiger partial charge in [0.05, 0.1) is 16.3 Å². The fourth-order valence-corrected chi connectivity index (χ4v) is 4.09. The number of hydrogen-bond donors (Lipinski definition) is 3. The summed E-state index contributed by atoms with van der Waals surface area (Å²) in [6.07, 6.45) is 0. The molecule has 0 aromatic heterocycles. The molecule has 1 fully saturated rings. The van der Waals surface area contributed by atoms with Crippen LogP contribution in [0.15, 0.2) is 53.4 Å². The highest BCUT2D eigenvalue weighted by molar-refractivity contribution is 7.92. The number of rotatable bonds is 6. The minimum atomic E-state index is -3.75. The van der Waals surface area contributed by atoms with Crippen LogP contribution in [-0.4, -0.2) is 47.0 Å². The molecule has 0 spiro atoms. The Bertz CT molecular complexity index is 894. The first-order valence-corrected chi connectivity index (χ1v) is 10.5. The van der Waals surface area contributed by atoms with Gasteiger partial charge in [0.15, 0.2) is 0 Å². The molecule has 3 rings (SSSR count). The number of hydrogen-bond acceptors (Lipinski definition) is 5. The van der Waals surface area contributed by atoms with Gasteiger partial charge >= 0.3 is 0 Å². The van der Waals surface area contributed by atoms with E-state index in [0.717, 1.165) is 31.9 Å². The summed E-state index contributed by atoms with van der Waals surface area (Å²) in [5.41, 5.74) is 1.59. The number of nitrogens with zero attached hydrogens (tertiary/aromatic N) is 1. The van der Waals surface area contributed by atoms with Gasteiger partial charge < -0.3 is 15.5 Å². The quantitative estimate of drug-likeness (QED) is 0.700. The molecule has 144 valence electrons. The van der Waals surface area contributed by atoms with Gasteiger partial charge in [-0.15, -0.1) is 0 Å². The number of amides is 1. The van der Waals surface area contributed by atoms with Gasteiger partial charge in [-0.1, -0.05) is 18.2 Å². The summed E-state index contributed by atoms with van der Waals surface area (Å²) >= 11 is 0. The molecule has 8 heteroatoms. The SMILES string of the molecule is CCNC(=O)c1ccc(N2CCNCC2)c(NS(=O)(=O)c2ccccc2)c1. The van der Waals surface area contributed by atoms with Crippen molar-refractivity contribution in [3.8, 4) is 0 Å². The van der Waals surface area contributed by atoms with Crippen molar-refractivity contribution < 1.29 is 13.2 Å². The minimum Gasteiger partial charge on any atom is -0.367 e. The predicted molar refractivity (Wildman–Crippen MR) is 107 cm³/mol. The number of carbonyl (C=O) groups excluding carboxylic acids is 1. The van der Waals surface area contributed by atoms with Crippen molar-refractivity contribution in [3.05, 3.63) is 54.1 Å². The second kappa shape index (κ2) is 8.41. The molecule has 3 N–H and O–H groups in total. The lowest BCUT2D eigenvalue weighted by atomic mass is 10.1. The zero-order valence-electron chi connectivity index (χ0n) is 15.2. The second-order valence-electron chi connectivity index (χ2n) is 6.25. The molecule has 2 aromatic carbocycles. The van der Waals surface area contributed by atoms with E-state index in [-0.39, 0.29) is 10.8 Å². The summed E-state index contributed by atoms with van der Waals surface area (Å²) in [6.45, 7) is 5.52. The van der Waals surface area contributed by atoms with E-state index in [9.17, 15) is 13.2 Å². The molecule has 0 aliphatic carbocycles. The van der Waals surface area contributed by atoms with Crippen LogP contribution in [-0.2, 0) is 10.0 Å². The van der Waals surface area contributed by atoms with Gasteiger partial charge in [-0.05, 0) is 37.3 Å². The summed E-state index contributed by atoms with van der Waals surface area (Å²) < 4.78 is 28.3. The topological polar surface area (TPSA) is 90.5 Å². The molecular weight excluding hydrogens is 364 g/mol. The fraction of sp³-hybridized carbons (Fsp3) is 0.316. The predicted octanol–water partition coefficient (Wildman–Crippen LogP) is 1.65. The average molecular weight is 388 g/mol. The van der Waals surface area contributed by atoms with Crippen LogP contribution < -0.4 is 20.3 Å². The molecule has 0 radical (unpaired) electrons. The Morgan fingerprint density at radius 2 is 1.81 bits per heavy atom. The Labute approximate surface area is 159 Å². The van der Waals surface area contributed by atoms with Crippen LogP contribution in [0, 0.1) is 0 Å². The molecule has 1 saturated heterocycles. The maximum Gasteiger partial charge on any atom is 0.261 e. The number of benzene rings is 2. The van der Waals surface area contributed by atoms with Crippen LogP contribution in [0.25, 0.3) is 0 Å². The normalized spacial score (nSPS) is 14.6. The number of carbonyl (C=O) groups is 1.